The average Bonchev–Trinajstić information content (AvgIpc) is 3.51. The molecule has 1 heterocycles. The Kier molecular flexibility index (Phi) is 11.4. The van der Waals surface area contributed by atoms with Crippen LogP contribution in [0, 0.1) is 11.3 Å². The Morgan fingerprint density at radius 2 is 1.90 bits per heavy atom. The molecule has 250 valence electrons. The van der Waals surface area contributed by atoms with E-state index in [0.717, 1.165) is 35.1 Å². The molecule has 10 nitrogen and oxygen atoms in total. The van der Waals surface area contributed by atoms with Gasteiger partial charge in [-0.15, -0.1) is 0 Å². The topological polar surface area (TPSA) is 160 Å². The van der Waals surface area contributed by atoms with Crippen molar-refractivity contribution in [2.75, 3.05) is 19.8 Å². The summed E-state index contributed by atoms with van der Waals surface area (Å²) in [5.41, 5.74) is 9.65. The van der Waals surface area contributed by atoms with E-state index in [4.69, 9.17) is 43.1 Å². The van der Waals surface area contributed by atoms with Crippen molar-refractivity contribution in [1.82, 2.24) is 10.3 Å². The van der Waals surface area contributed by atoms with Gasteiger partial charge in [0.1, 0.15) is 41.6 Å². The zero-order valence-corrected chi connectivity index (χ0v) is 27.9. The maximum atomic E-state index is 11.8. The fourth-order valence-electron chi connectivity index (χ4n) is 5.46. The van der Waals surface area contributed by atoms with Crippen LogP contribution in [-0.2, 0) is 24.4 Å². The minimum absolute atomic E-state index is 0.0283. The van der Waals surface area contributed by atoms with E-state index in [0.29, 0.717) is 63.6 Å². The van der Waals surface area contributed by atoms with Gasteiger partial charge < -0.3 is 30.2 Å². The van der Waals surface area contributed by atoms with Gasteiger partial charge in [-0.3, -0.25) is 15.1 Å². The first-order chi connectivity index (χ1) is 23.2. The fourth-order valence-corrected chi connectivity index (χ4v) is 5.97. The molecule has 0 radical (unpaired) electrons. The highest BCUT2D eigenvalue weighted by Crippen LogP contribution is 2.45. The molecule has 12 heteroatoms. The maximum Gasteiger partial charge on any atom is 0.326 e. The van der Waals surface area contributed by atoms with Crippen molar-refractivity contribution < 1.29 is 29.2 Å². The molecular weight excluding hydrogens is 655 g/mol. The minimum atomic E-state index is -1.59. The molecule has 2 atom stereocenters. The summed E-state index contributed by atoms with van der Waals surface area (Å²) in [7, 11) is 0. The van der Waals surface area contributed by atoms with Crippen LogP contribution in [0.5, 0.6) is 17.2 Å². The number of hydrogen-bond donors (Lipinski definition) is 4. The van der Waals surface area contributed by atoms with Gasteiger partial charge in [-0.25, -0.2) is 0 Å². The lowest BCUT2D eigenvalue weighted by atomic mass is 9.96. The number of rotatable bonds is 15. The van der Waals surface area contributed by atoms with Crippen LogP contribution in [0.1, 0.15) is 53.7 Å². The molecule has 0 saturated carbocycles. The van der Waals surface area contributed by atoms with E-state index in [2.05, 4.69) is 16.4 Å². The summed E-state index contributed by atoms with van der Waals surface area (Å²) in [6.07, 6.45) is 4.93. The van der Waals surface area contributed by atoms with E-state index >= 15 is 0 Å². The van der Waals surface area contributed by atoms with Gasteiger partial charge in [0.25, 0.3) is 0 Å². The van der Waals surface area contributed by atoms with Gasteiger partial charge in [0.05, 0.1) is 28.8 Å². The van der Waals surface area contributed by atoms with E-state index in [1.807, 2.05) is 36.4 Å². The van der Waals surface area contributed by atoms with Crippen LogP contribution < -0.4 is 25.3 Å². The first kappa shape index (κ1) is 35.0. The number of benzene rings is 3. The second kappa shape index (κ2) is 15.7. The fraction of sp³-hybridized carbons (Fsp3) is 0.306. The highest BCUT2D eigenvalue weighted by molar-refractivity contribution is 6.35. The monoisotopic (exact) mass is 690 g/mol. The number of aliphatic hydroxyl groups is 1. The lowest BCUT2D eigenvalue weighted by Crippen LogP contribution is -2.52. The van der Waals surface area contributed by atoms with E-state index in [1.54, 1.807) is 24.4 Å². The molecule has 0 bridgehead atoms. The number of halogens is 2. The van der Waals surface area contributed by atoms with Gasteiger partial charge >= 0.3 is 5.97 Å². The Morgan fingerprint density at radius 3 is 2.65 bits per heavy atom. The van der Waals surface area contributed by atoms with E-state index < -0.39 is 18.1 Å². The van der Waals surface area contributed by atoms with E-state index in [9.17, 15) is 20.3 Å². The molecule has 0 amide bonds. The number of carbonyl (C=O) groups is 1. The number of nitrogens with two attached hydrogens (primary N) is 1. The van der Waals surface area contributed by atoms with Gasteiger partial charge in [0.15, 0.2) is 0 Å². The van der Waals surface area contributed by atoms with Gasteiger partial charge in [0.2, 0.25) is 0 Å². The number of carboxylic acids is 1. The second-order valence-corrected chi connectivity index (χ2v) is 12.4. The summed E-state index contributed by atoms with van der Waals surface area (Å²) in [5.74, 6) is 0.182. The third kappa shape index (κ3) is 7.84. The summed E-state index contributed by atoms with van der Waals surface area (Å²) in [5, 5.41) is 32.4. The number of ether oxygens (including phenoxy) is 3. The Hall–Kier alpha value is -4.37. The molecule has 3 aromatic carbocycles. The van der Waals surface area contributed by atoms with E-state index in [-0.39, 0.29) is 19.3 Å². The molecule has 0 aliphatic heterocycles. The lowest BCUT2D eigenvalue weighted by molar-refractivity contribution is -0.145. The minimum Gasteiger partial charge on any atom is -0.492 e. The first-order valence-electron chi connectivity index (χ1n) is 15.5. The normalized spacial score (nSPS) is 14.9. The molecule has 0 fully saturated rings. The smallest absolute Gasteiger partial charge is 0.326 e. The molecule has 48 heavy (non-hydrogen) atoms. The van der Waals surface area contributed by atoms with Gasteiger partial charge in [-0.1, -0.05) is 53.5 Å². The second-order valence-electron chi connectivity index (χ2n) is 11.6. The Morgan fingerprint density at radius 1 is 1.10 bits per heavy atom. The van der Waals surface area contributed by atoms with Crippen LogP contribution >= 0.6 is 23.2 Å². The predicted octanol–water partition coefficient (Wildman–Crippen LogP) is 6.23. The van der Waals surface area contributed by atoms with Crippen molar-refractivity contribution in [3.8, 4) is 34.4 Å². The molecule has 0 saturated heterocycles. The summed E-state index contributed by atoms with van der Waals surface area (Å²) in [6, 6.07) is 18.9. The molecule has 1 aliphatic carbocycles. The van der Waals surface area contributed by atoms with Crippen molar-refractivity contribution in [3.63, 3.8) is 0 Å². The standard InChI is InChI=1S/C36H36Cl2N4O6/c1-36(21-43,35(44)45)42-19-24-14-29(37)33(15-32(24)47-20-23-13-22(16-40)17-41-18-23)48-30-10-9-26-25(5-2-6-27(26)30)28-7-3-8-31(34(28)38)46-12-4-11-39/h2-3,5-8,13-15,17-18,30,42-43H,4,9-12,19-21,39H2,1H3,(H,44,45)/t30-,36-/m0/s1. The van der Waals surface area contributed by atoms with Crippen molar-refractivity contribution >= 4 is 29.2 Å². The van der Waals surface area contributed by atoms with Crippen molar-refractivity contribution in [3.05, 3.63) is 105 Å². The third-order valence-electron chi connectivity index (χ3n) is 8.23. The summed E-state index contributed by atoms with van der Waals surface area (Å²) in [6.45, 7) is 1.88. The quantitative estimate of drug-likeness (QED) is 0.105. The Balaban J connectivity index is 1.43. The van der Waals surface area contributed by atoms with Gasteiger partial charge in [-0.05, 0) is 67.6 Å². The summed E-state index contributed by atoms with van der Waals surface area (Å²) < 4.78 is 18.6. The van der Waals surface area contributed by atoms with Crippen molar-refractivity contribution in [2.24, 2.45) is 5.73 Å². The zero-order chi connectivity index (χ0) is 34.3. The number of pyridine rings is 1. The number of aromatic nitrogens is 1. The molecule has 1 aromatic heterocycles. The third-order valence-corrected chi connectivity index (χ3v) is 8.92. The predicted molar refractivity (Wildman–Crippen MR) is 182 cm³/mol. The average molecular weight is 692 g/mol. The molecule has 0 unspecified atom stereocenters. The molecular formula is C36H36Cl2N4O6. The molecule has 5 N–H and O–H groups in total. The van der Waals surface area contributed by atoms with Crippen molar-refractivity contribution in [1.29, 1.82) is 5.26 Å². The number of aliphatic carboxylic acids is 1. The molecule has 0 spiro atoms. The van der Waals surface area contributed by atoms with Crippen LogP contribution in [0.2, 0.25) is 10.0 Å². The van der Waals surface area contributed by atoms with Crippen LogP contribution in [0.15, 0.2) is 67.0 Å². The maximum absolute atomic E-state index is 11.8. The molecule has 5 rings (SSSR count). The summed E-state index contributed by atoms with van der Waals surface area (Å²) >= 11 is 13.6. The number of nitrogens with zero attached hydrogens (tertiary/aromatic N) is 2. The Bertz CT molecular complexity index is 1830. The SMILES string of the molecule is C[C@@](CO)(NCc1cc(Cl)c(O[C@H]2CCc3c(-c4cccc(OCCCN)c4Cl)cccc32)cc1OCc1cncc(C#N)c1)C(=O)O. The van der Waals surface area contributed by atoms with Gasteiger partial charge in [0, 0.05) is 41.7 Å². The van der Waals surface area contributed by atoms with E-state index in [1.165, 1.54) is 13.1 Å². The van der Waals surface area contributed by atoms with Crippen LogP contribution in [0.4, 0.5) is 0 Å². The number of nitrogens with one attached hydrogen (secondary N) is 1. The highest BCUT2D eigenvalue weighted by atomic mass is 35.5. The summed E-state index contributed by atoms with van der Waals surface area (Å²) in [4.78, 5) is 15.9. The highest BCUT2D eigenvalue weighted by Gasteiger charge is 2.33. The Labute approximate surface area is 289 Å². The van der Waals surface area contributed by atoms with Crippen LogP contribution in [0.25, 0.3) is 11.1 Å². The van der Waals surface area contributed by atoms with Gasteiger partial charge in [-0.2, -0.15) is 5.26 Å². The number of fused-ring (bicyclic) bond motifs is 1. The number of carboxylic acid groups (broad SMARTS) is 1. The largest absolute Gasteiger partial charge is 0.492 e. The van der Waals surface area contributed by atoms with Crippen molar-refractivity contribution in [2.45, 2.75) is 51.0 Å². The molecule has 4 aromatic rings. The number of hydrogen-bond acceptors (Lipinski definition) is 9. The first-order valence-corrected chi connectivity index (χ1v) is 16.2. The number of aliphatic hydroxyl groups excluding tert-OH is 1. The lowest BCUT2D eigenvalue weighted by Gasteiger charge is -2.25. The zero-order valence-electron chi connectivity index (χ0n) is 26.3. The number of nitriles is 1. The van der Waals surface area contributed by atoms with Crippen LogP contribution in [-0.4, -0.2) is 46.5 Å². The molecule has 1 aliphatic rings. The van der Waals surface area contributed by atoms with Crippen LogP contribution in [0.3, 0.4) is 0 Å².